The van der Waals surface area contributed by atoms with Crippen LogP contribution in [0, 0.1) is 11.7 Å². The van der Waals surface area contributed by atoms with E-state index in [1.807, 2.05) is 18.2 Å². The molecule has 3 aromatic rings. The summed E-state index contributed by atoms with van der Waals surface area (Å²) in [6, 6.07) is 21.6. The molecule has 5 nitrogen and oxygen atoms in total. The van der Waals surface area contributed by atoms with Crippen molar-refractivity contribution in [2.45, 2.75) is 18.6 Å². The van der Waals surface area contributed by atoms with Crippen molar-refractivity contribution in [1.29, 1.82) is 0 Å². The fourth-order valence-electron chi connectivity index (χ4n) is 4.82. The monoisotopic (exact) mass is 419 g/mol. The van der Waals surface area contributed by atoms with Gasteiger partial charge in [0.1, 0.15) is 5.82 Å². The second-order valence-corrected chi connectivity index (χ2v) is 8.09. The Kier molecular flexibility index (Phi) is 5.26. The van der Waals surface area contributed by atoms with Gasteiger partial charge in [0.05, 0.1) is 26.3 Å². The molecule has 2 N–H and O–H groups in total. The molecule has 0 amide bonds. The number of ether oxygens (including phenoxy) is 2. The van der Waals surface area contributed by atoms with Crippen molar-refractivity contribution in [3.8, 4) is 11.5 Å². The van der Waals surface area contributed by atoms with Crippen molar-refractivity contribution in [1.82, 2.24) is 10.9 Å². The Labute approximate surface area is 181 Å². The molecular weight excluding hydrogens is 393 g/mol. The molecule has 0 radical (unpaired) electrons. The van der Waals surface area contributed by atoms with Crippen LogP contribution in [-0.4, -0.2) is 20.8 Å². The Hall–Kier alpha value is -3.09. The van der Waals surface area contributed by atoms with Crippen molar-refractivity contribution >= 4 is 5.69 Å². The molecular formula is C25H26FN3O2. The lowest BCUT2D eigenvalue weighted by atomic mass is 9.81. The quantitative estimate of drug-likeness (QED) is 0.643. The standard InChI is InChI=1S/C25H26FN3O2/c1-30-22-12-19-21(13-23(22)31-2)29(14-16-6-4-3-5-7-16)15-20-24(27-28-25(19)20)17-8-10-18(26)11-9-17/h3-13,20,24-25,27-28H,14-15H2,1-2H3. The van der Waals surface area contributed by atoms with Gasteiger partial charge >= 0.3 is 0 Å². The lowest BCUT2D eigenvalue weighted by Crippen LogP contribution is -2.39. The molecule has 0 bridgehead atoms. The van der Waals surface area contributed by atoms with Crippen LogP contribution in [0.1, 0.15) is 28.8 Å². The summed E-state index contributed by atoms with van der Waals surface area (Å²) in [5, 5.41) is 0. The molecule has 6 heteroatoms. The highest BCUT2D eigenvalue weighted by Crippen LogP contribution is 2.48. The Balaban J connectivity index is 1.56. The van der Waals surface area contributed by atoms with Crippen molar-refractivity contribution in [2.75, 3.05) is 25.7 Å². The van der Waals surface area contributed by atoms with Gasteiger partial charge in [-0.15, -0.1) is 0 Å². The molecule has 2 aliphatic rings. The summed E-state index contributed by atoms with van der Waals surface area (Å²) < 4.78 is 24.7. The van der Waals surface area contributed by atoms with E-state index in [1.165, 1.54) is 23.3 Å². The van der Waals surface area contributed by atoms with Gasteiger partial charge in [-0.2, -0.15) is 0 Å². The number of methoxy groups -OCH3 is 2. The van der Waals surface area contributed by atoms with Crippen molar-refractivity contribution in [3.63, 3.8) is 0 Å². The molecule has 31 heavy (non-hydrogen) atoms. The molecule has 3 aromatic carbocycles. The van der Waals surface area contributed by atoms with Crippen LogP contribution in [-0.2, 0) is 6.54 Å². The van der Waals surface area contributed by atoms with E-state index < -0.39 is 0 Å². The fraction of sp³-hybridized carbons (Fsp3) is 0.280. The summed E-state index contributed by atoms with van der Waals surface area (Å²) in [6.07, 6.45) is 0. The number of rotatable bonds is 5. The second kappa shape index (κ2) is 8.21. The first-order chi connectivity index (χ1) is 15.2. The largest absolute Gasteiger partial charge is 0.493 e. The van der Waals surface area contributed by atoms with Gasteiger partial charge in [-0.3, -0.25) is 0 Å². The van der Waals surface area contributed by atoms with E-state index in [4.69, 9.17) is 9.47 Å². The highest BCUT2D eigenvalue weighted by atomic mass is 19.1. The highest BCUT2D eigenvalue weighted by molar-refractivity contribution is 5.65. The third-order valence-corrected chi connectivity index (χ3v) is 6.34. The van der Waals surface area contributed by atoms with Gasteiger partial charge in [0, 0.05) is 30.8 Å². The fourth-order valence-corrected chi connectivity index (χ4v) is 4.82. The predicted molar refractivity (Wildman–Crippen MR) is 119 cm³/mol. The van der Waals surface area contributed by atoms with E-state index >= 15 is 0 Å². The minimum Gasteiger partial charge on any atom is -0.493 e. The van der Waals surface area contributed by atoms with Crippen molar-refractivity contribution < 1.29 is 13.9 Å². The van der Waals surface area contributed by atoms with Crippen LogP contribution in [0.5, 0.6) is 11.5 Å². The third kappa shape index (κ3) is 3.62. The van der Waals surface area contributed by atoms with Crippen molar-refractivity contribution in [2.24, 2.45) is 5.92 Å². The molecule has 3 unspecified atom stereocenters. The van der Waals surface area contributed by atoms with E-state index in [0.29, 0.717) is 5.75 Å². The Bertz CT molecular complexity index is 1060. The average Bonchev–Trinajstić information content (AvgIpc) is 3.23. The Morgan fingerprint density at radius 2 is 1.58 bits per heavy atom. The molecule has 2 aliphatic heterocycles. The maximum absolute atomic E-state index is 13.5. The molecule has 0 saturated carbocycles. The summed E-state index contributed by atoms with van der Waals surface area (Å²) in [5.41, 5.74) is 11.6. The summed E-state index contributed by atoms with van der Waals surface area (Å²) >= 11 is 0. The van der Waals surface area contributed by atoms with E-state index in [2.05, 4.69) is 52.1 Å². The molecule has 0 aliphatic carbocycles. The van der Waals surface area contributed by atoms with E-state index in [0.717, 1.165) is 30.1 Å². The number of halogens is 1. The average molecular weight is 420 g/mol. The van der Waals surface area contributed by atoms with Crippen molar-refractivity contribution in [3.05, 3.63) is 89.2 Å². The van der Waals surface area contributed by atoms with Crippen LogP contribution in [0.3, 0.4) is 0 Å². The summed E-state index contributed by atoms with van der Waals surface area (Å²) in [5.74, 6) is 1.48. The van der Waals surface area contributed by atoms with Crippen LogP contribution >= 0.6 is 0 Å². The van der Waals surface area contributed by atoms with Crippen LogP contribution in [0.4, 0.5) is 10.1 Å². The second-order valence-electron chi connectivity index (χ2n) is 8.09. The number of fused-ring (bicyclic) bond motifs is 3. The maximum Gasteiger partial charge on any atom is 0.162 e. The molecule has 160 valence electrons. The number of hydrazine groups is 1. The van der Waals surface area contributed by atoms with Crippen LogP contribution in [0.25, 0.3) is 0 Å². The van der Waals surface area contributed by atoms with Gasteiger partial charge in [0.15, 0.2) is 11.5 Å². The van der Waals surface area contributed by atoms with Gasteiger partial charge in [0.25, 0.3) is 0 Å². The summed E-state index contributed by atoms with van der Waals surface area (Å²) in [7, 11) is 3.32. The first-order valence-corrected chi connectivity index (χ1v) is 10.5. The van der Waals surface area contributed by atoms with Crippen LogP contribution < -0.4 is 25.2 Å². The van der Waals surface area contributed by atoms with Crippen LogP contribution in [0.15, 0.2) is 66.7 Å². The Morgan fingerprint density at radius 3 is 2.29 bits per heavy atom. The van der Waals surface area contributed by atoms with E-state index in [1.54, 1.807) is 14.2 Å². The number of anilines is 1. The predicted octanol–water partition coefficient (Wildman–Crippen LogP) is 4.37. The van der Waals surface area contributed by atoms with Gasteiger partial charge in [-0.05, 0) is 34.9 Å². The number of nitrogens with one attached hydrogen (secondary N) is 2. The molecule has 3 atom stereocenters. The molecule has 2 heterocycles. The zero-order chi connectivity index (χ0) is 21.4. The first kappa shape index (κ1) is 19.8. The van der Waals surface area contributed by atoms with E-state index in [-0.39, 0.29) is 23.8 Å². The van der Waals surface area contributed by atoms with Gasteiger partial charge < -0.3 is 14.4 Å². The Morgan fingerprint density at radius 1 is 0.903 bits per heavy atom. The number of hydrogen-bond donors (Lipinski definition) is 2. The summed E-state index contributed by atoms with van der Waals surface area (Å²) in [4.78, 5) is 2.40. The van der Waals surface area contributed by atoms with Gasteiger partial charge in [0.2, 0.25) is 0 Å². The zero-order valence-electron chi connectivity index (χ0n) is 17.6. The molecule has 0 spiro atoms. The molecule has 5 rings (SSSR count). The van der Waals surface area contributed by atoms with Gasteiger partial charge in [-0.25, -0.2) is 15.2 Å². The lowest BCUT2D eigenvalue weighted by Gasteiger charge is -2.39. The molecule has 1 fully saturated rings. The maximum atomic E-state index is 13.5. The SMILES string of the molecule is COc1cc2c(cc1OC)N(Cc1ccccc1)CC1C(c3ccc(F)cc3)NNC21. The first-order valence-electron chi connectivity index (χ1n) is 10.5. The third-order valence-electron chi connectivity index (χ3n) is 6.34. The van der Waals surface area contributed by atoms with Crippen LogP contribution in [0.2, 0.25) is 0 Å². The number of hydrogen-bond acceptors (Lipinski definition) is 5. The zero-order valence-corrected chi connectivity index (χ0v) is 17.6. The smallest absolute Gasteiger partial charge is 0.162 e. The molecule has 0 aromatic heterocycles. The highest BCUT2D eigenvalue weighted by Gasteiger charge is 2.43. The normalized spacial score (nSPS) is 22.0. The lowest BCUT2D eigenvalue weighted by molar-refractivity contribution is 0.350. The van der Waals surface area contributed by atoms with Gasteiger partial charge in [-0.1, -0.05) is 42.5 Å². The molecule has 1 saturated heterocycles. The topological polar surface area (TPSA) is 45.8 Å². The summed E-state index contributed by atoms with van der Waals surface area (Å²) in [6.45, 7) is 1.65. The number of nitrogens with zero attached hydrogens (tertiary/aromatic N) is 1. The van der Waals surface area contributed by atoms with E-state index in [9.17, 15) is 4.39 Å². The minimum atomic E-state index is -0.220. The number of benzene rings is 3. The minimum absolute atomic E-state index is 0.0742.